The Balaban J connectivity index is 1.41. The lowest BCUT2D eigenvalue weighted by Crippen LogP contribution is -2.26. The molecule has 1 amide bonds. The molecule has 184 valence electrons. The molecule has 1 aromatic carbocycles. The van der Waals surface area contributed by atoms with Crippen molar-refractivity contribution in [1.82, 2.24) is 24.5 Å². The number of carbonyl (C=O) groups excluding carboxylic acids is 1. The number of aryl methyl sites for hydroxylation is 1. The van der Waals surface area contributed by atoms with Crippen LogP contribution in [0.15, 0.2) is 55.0 Å². The van der Waals surface area contributed by atoms with E-state index in [0.29, 0.717) is 35.3 Å². The number of aromatic nitrogens is 5. The summed E-state index contributed by atoms with van der Waals surface area (Å²) in [6.45, 7) is 2.55. The molecule has 3 aromatic heterocycles. The standard InChI is InChI=1S/C25H21F3N6O2/c1-3-36-24-18(5-4-10-29-24)21-30-12-17-11-20(35)34(23(17)32-21)13-15-6-8-16(9-7-15)22-31-19(14-33(22)2)25(26,27)28/h4-10,12,14H,3,11,13H2,1-2H3. The molecule has 0 radical (unpaired) electrons. The minimum atomic E-state index is -4.51. The molecule has 4 heterocycles. The normalized spacial score (nSPS) is 13.2. The van der Waals surface area contributed by atoms with E-state index in [-0.39, 0.29) is 24.7 Å². The number of rotatable bonds is 6. The van der Waals surface area contributed by atoms with Gasteiger partial charge in [-0.3, -0.25) is 9.69 Å². The van der Waals surface area contributed by atoms with E-state index in [1.54, 1.807) is 53.7 Å². The number of pyridine rings is 1. The summed E-state index contributed by atoms with van der Waals surface area (Å²) < 4.78 is 46.0. The van der Waals surface area contributed by atoms with Gasteiger partial charge in [0.1, 0.15) is 11.6 Å². The predicted molar refractivity (Wildman–Crippen MR) is 125 cm³/mol. The Hall–Kier alpha value is -4.28. The van der Waals surface area contributed by atoms with Crippen molar-refractivity contribution >= 4 is 11.7 Å². The van der Waals surface area contributed by atoms with Gasteiger partial charge in [0.2, 0.25) is 11.8 Å². The van der Waals surface area contributed by atoms with E-state index < -0.39 is 11.9 Å². The van der Waals surface area contributed by atoms with Gasteiger partial charge in [0.05, 0.1) is 25.1 Å². The maximum absolute atomic E-state index is 13.0. The minimum absolute atomic E-state index is 0.115. The van der Waals surface area contributed by atoms with E-state index in [1.807, 2.05) is 6.92 Å². The highest BCUT2D eigenvalue weighted by Gasteiger charge is 2.34. The third-order valence-corrected chi connectivity index (χ3v) is 5.75. The topological polar surface area (TPSA) is 86.0 Å². The number of benzene rings is 1. The molecule has 5 rings (SSSR count). The van der Waals surface area contributed by atoms with Crippen LogP contribution in [0.3, 0.4) is 0 Å². The van der Waals surface area contributed by atoms with Crippen LogP contribution in [0.4, 0.5) is 19.0 Å². The van der Waals surface area contributed by atoms with E-state index in [9.17, 15) is 18.0 Å². The fourth-order valence-corrected chi connectivity index (χ4v) is 4.05. The highest BCUT2D eigenvalue weighted by Crippen LogP contribution is 2.33. The smallest absolute Gasteiger partial charge is 0.434 e. The lowest BCUT2D eigenvalue weighted by atomic mass is 10.1. The largest absolute Gasteiger partial charge is 0.477 e. The van der Waals surface area contributed by atoms with Crippen molar-refractivity contribution in [2.24, 2.45) is 7.05 Å². The molecule has 0 atom stereocenters. The van der Waals surface area contributed by atoms with Gasteiger partial charge in [-0.2, -0.15) is 13.2 Å². The summed E-state index contributed by atoms with van der Waals surface area (Å²) in [5.74, 6) is 1.41. The highest BCUT2D eigenvalue weighted by atomic mass is 19.4. The van der Waals surface area contributed by atoms with Crippen molar-refractivity contribution in [2.45, 2.75) is 26.1 Å². The summed E-state index contributed by atoms with van der Waals surface area (Å²) in [7, 11) is 1.52. The molecule has 0 aliphatic carbocycles. The average Bonchev–Trinajstić information content (AvgIpc) is 3.39. The molecule has 0 saturated carbocycles. The molecule has 0 unspecified atom stereocenters. The number of imidazole rings is 1. The van der Waals surface area contributed by atoms with Crippen molar-refractivity contribution in [2.75, 3.05) is 11.5 Å². The molecular weight excluding hydrogens is 473 g/mol. The van der Waals surface area contributed by atoms with Crippen LogP contribution >= 0.6 is 0 Å². The van der Waals surface area contributed by atoms with Gasteiger partial charge < -0.3 is 9.30 Å². The number of hydrogen-bond acceptors (Lipinski definition) is 6. The lowest BCUT2D eigenvalue weighted by molar-refractivity contribution is -0.140. The first-order chi connectivity index (χ1) is 17.2. The van der Waals surface area contributed by atoms with Gasteiger partial charge in [-0.05, 0) is 24.6 Å². The van der Waals surface area contributed by atoms with Crippen molar-refractivity contribution < 1.29 is 22.7 Å². The Morgan fingerprint density at radius 3 is 2.56 bits per heavy atom. The lowest BCUT2D eigenvalue weighted by Gasteiger charge is -2.17. The SMILES string of the molecule is CCOc1ncccc1-c1ncc2c(n1)N(Cc1ccc(-c3nc(C(F)(F)F)cn3C)cc1)C(=O)C2. The average molecular weight is 494 g/mol. The first kappa shape index (κ1) is 23.5. The molecule has 1 aliphatic rings. The molecule has 4 aromatic rings. The van der Waals surface area contributed by atoms with Crippen LogP contribution < -0.4 is 9.64 Å². The third-order valence-electron chi connectivity index (χ3n) is 5.75. The summed E-state index contributed by atoms with van der Waals surface area (Å²) in [6, 6.07) is 10.5. The number of alkyl halides is 3. The second kappa shape index (κ2) is 9.06. The first-order valence-corrected chi connectivity index (χ1v) is 11.2. The van der Waals surface area contributed by atoms with Gasteiger partial charge in [0.15, 0.2) is 11.5 Å². The zero-order chi connectivity index (χ0) is 25.4. The van der Waals surface area contributed by atoms with Crippen LogP contribution in [-0.2, 0) is 31.0 Å². The molecule has 1 aliphatic heterocycles. The summed E-state index contributed by atoms with van der Waals surface area (Å²) in [5.41, 5.74) is 1.73. The fourth-order valence-electron chi connectivity index (χ4n) is 4.05. The number of halogens is 3. The van der Waals surface area contributed by atoms with Crippen LogP contribution in [0.2, 0.25) is 0 Å². The predicted octanol–water partition coefficient (Wildman–Crippen LogP) is 4.45. The maximum Gasteiger partial charge on any atom is 0.434 e. The minimum Gasteiger partial charge on any atom is -0.477 e. The highest BCUT2D eigenvalue weighted by molar-refractivity contribution is 6.00. The van der Waals surface area contributed by atoms with Gasteiger partial charge in [-0.25, -0.2) is 19.9 Å². The summed E-state index contributed by atoms with van der Waals surface area (Å²) in [5, 5.41) is 0. The number of carbonyl (C=O) groups is 1. The van der Waals surface area contributed by atoms with E-state index in [1.165, 1.54) is 11.6 Å². The summed E-state index contributed by atoms with van der Waals surface area (Å²) in [6.07, 6.45) is -0.109. The van der Waals surface area contributed by atoms with Crippen LogP contribution in [0.25, 0.3) is 22.8 Å². The molecule has 36 heavy (non-hydrogen) atoms. The Morgan fingerprint density at radius 2 is 1.86 bits per heavy atom. The molecule has 11 heteroatoms. The molecule has 8 nitrogen and oxygen atoms in total. The number of anilines is 1. The number of hydrogen-bond donors (Lipinski definition) is 0. The zero-order valence-electron chi connectivity index (χ0n) is 19.5. The molecule has 0 fully saturated rings. The maximum atomic E-state index is 13.0. The number of nitrogens with zero attached hydrogens (tertiary/aromatic N) is 6. The van der Waals surface area contributed by atoms with E-state index in [0.717, 1.165) is 17.3 Å². The Bertz CT molecular complexity index is 1430. The monoisotopic (exact) mass is 494 g/mol. The molecular formula is C25H21F3N6O2. The van der Waals surface area contributed by atoms with E-state index in [4.69, 9.17) is 4.74 Å². The Labute approximate surface area is 204 Å². The molecule has 0 saturated heterocycles. The Kier molecular flexibility index (Phi) is 5.91. The van der Waals surface area contributed by atoms with Gasteiger partial charge in [-0.15, -0.1) is 0 Å². The Morgan fingerprint density at radius 1 is 1.08 bits per heavy atom. The van der Waals surface area contributed by atoms with Crippen LogP contribution in [0.5, 0.6) is 5.88 Å². The van der Waals surface area contributed by atoms with Gasteiger partial charge in [0, 0.05) is 36.8 Å². The quantitative estimate of drug-likeness (QED) is 0.394. The van der Waals surface area contributed by atoms with Gasteiger partial charge in [0.25, 0.3) is 0 Å². The first-order valence-electron chi connectivity index (χ1n) is 11.2. The van der Waals surface area contributed by atoms with E-state index >= 15 is 0 Å². The third kappa shape index (κ3) is 4.39. The van der Waals surface area contributed by atoms with Crippen molar-refractivity contribution in [1.29, 1.82) is 0 Å². The van der Waals surface area contributed by atoms with E-state index in [2.05, 4.69) is 19.9 Å². The van der Waals surface area contributed by atoms with Crippen LogP contribution in [0.1, 0.15) is 23.7 Å². The number of ether oxygens (including phenoxy) is 1. The van der Waals surface area contributed by atoms with Crippen molar-refractivity contribution in [3.05, 3.63) is 71.8 Å². The van der Waals surface area contributed by atoms with Crippen molar-refractivity contribution in [3.8, 4) is 28.7 Å². The van der Waals surface area contributed by atoms with Crippen LogP contribution in [-0.4, -0.2) is 37.0 Å². The molecule has 0 bridgehead atoms. The van der Waals surface area contributed by atoms with Gasteiger partial charge >= 0.3 is 6.18 Å². The zero-order valence-corrected chi connectivity index (χ0v) is 19.5. The molecule has 0 N–H and O–H groups in total. The number of fused-ring (bicyclic) bond motifs is 1. The second-order valence-electron chi connectivity index (χ2n) is 8.24. The summed E-state index contributed by atoms with van der Waals surface area (Å²) >= 11 is 0. The van der Waals surface area contributed by atoms with Gasteiger partial charge in [-0.1, -0.05) is 24.3 Å². The summed E-state index contributed by atoms with van der Waals surface area (Å²) in [4.78, 5) is 31.4. The fraction of sp³-hybridized carbons (Fsp3) is 0.240. The second-order valence-corrected chi connectivity index (χ2v) is 8.24. The molecule has 0 spiro atoms. The number of amides is 1. The van der Waals surface area contributed by atoms with Crippen molar-refractivity contribution in [3.63, 3.8) is 0 Å². The van der Waals surface area contributed by atoms with Crippen LogP contribution in [0, 0.1) is 0 Å².